The van der Waals surface area contributed by atoms with Gasteiger partial charge in [-0.25, -0.2) is 4.79 Å². The van der Waals surface area contributed by atoms with Crippen LogP contribution in [0.2, 0.25) is 0 Å². The second-order valence-electron chi connectivity index (χ2n) is 8.71. The number of para-hydroxylation sites is 1. The van der Waals surface area contributed by atoms with Crippen molar-refractivity contribution < 1.29 is 27.5 Å². The fraction of sp³-hybridized carbons (Fsp3) is 0.286. The van der Waals surface area contributed by atoms with Crippen molar-refractivity contribution in [1.29, 1.82) is 0 Å². The SMILES string of the molecule is O=C(COC(=O)c1ccccc1Nc1cccc(C(F)(F)F)c1)c1ccc(C2CCCCC2)cc1. The maximum absolute atomic E-state index is 13.0. The van der Waals surface area contributed by atoms with E-state index in [1.54, 1.807) is 30.3 Å². The third-order valence-electron chi connectivity index (χ3n) is 6.26. The molecule has 182 valence electrons. The Morgan fingerprint density at radius 1 is 0.886 bits per heavy atom. The van der Waals surface area contributed by atoms with E-state index in [0.29, 0.717) is 11.5 Å². The molecule has 3 aromatic rings. The highest BCUT2D eigenvalue weighted by atomic mass is 19.4. The Morgan fingerprint density at radius 3 is 2.31 bits per heavy atom. The van der Waals surface area contributed by atoms with E-state index in [-0.39, 0.29) is 22.7 Å². The van der Waals surface area contributed by atoms with Gasteiger partial charge in [0.25, 0.3) is 0 Å². The highest BCUT2D eigenvalue weighted by molar-refractivity contribution is 6.01. The number of carbonyl (C=O) groups excluding carboxylic acids is 2. The number of anilines is 2. The topological polar surface area (TPSA) is 55.4 Å². The fourth-order valence-electron chi connectivity index (χ4n) is 4.37. The quantitative estimate of drug-likeness (QED) is 0.280. The summed E-state index contributed by atoms with van der Waals surface area (Å²) in [5, 5.41) is 2.84. The van der Waals surface area contributed by atoms with Gasteiger partial charge in [0.15, 0.2) is 12.4 Å². The standard InChI is InChI=1S/C28H26F3NO3/c29-28(30,31)22-9-6-10-23(17-22)32-25-12-5-4-11-24(25)27(34)35-18-26(33)21-15-13-20(14-16-21)19-7-2-1-3-8-19/h4-6,9-17,19,32H,1-3,7-8,18H2. The lowest BCUT2D eigenvalue weighted by molar-refractivity contribution is -0.137. The molecule has 0 saturated heterocycles. The number of hydrogen-bond donors (Lipinski definition) is 1. The van der Waals surface area contributed by atoms with Gasteiger partial charge in [-0.3, -0.25) is 4.79 Å². The summed E-state index contributed by atoms with van der Waals surface area (Å²) in [5.41, 5.74) is 1.46. The maximum Gasteiger partial charge on any atom is 0.416 e. The van der Waals surface area contributed by atoms with Gasteiger partial charge < -0.3 is 10.1 Å². The molecule has 0 amide bonds. The maximum atomic E-state index is 13.0. The van der Waals surface area contributed by atoms with E-state index >= 15 is 0 Å². The van der Waals surface area contributed by atoms with Gasteiger partial charge in [0, 0.05) is 11.3 Å². The van der Waals surface area contributed by atoms with Crippen LogP contribution in [0.5, 0.6) is 0 Å². The molecule has 1 N–H and O–H groups in total. The monoisotopic (exact) mass is 481 g/mol. The first-order chi connectivity index (χ1) is 16.8. The molecule has 1 aliphatic rings. The van der Waals surface area contributed by atoms with E-state index in [1.807, 2.05) is 12.1 Å². The van der Waals surface area contributed by atoms with Crippen LogP contribution in [0, 0.1) is 0 Å². The Balaban J connectivity index is 1.39. The second-order valence-corrected chi connectivity index (χ2v) is 8.71. The minimum atomic E-state index is -4.48. The molecule has 7 heteroatoms. The minimum absolute atomic E-state index is 0.116. The molecule has 0 aliphatic heterocycles. The highest BCUT2D eigenvalue weighted by Gasteiger charge is 2.30. The van der Waals surface area contributed by atoms with Crippen molar-refractivity contribution in [3.8, 4) is 0 Å². The van der Waals surface area contributed by atoms with Crippen molar-refractivity contribution in [3.63, 3.8) is 0 Å². The number of halogens is 3. The predicted molar refractivity (Wildman–Crippen MR) is 128 cm³/mol. The number of hydrogen-bond acceptors (Lipinski definition) is 4. The van der Waals surface area contributed by atoms with Gasteiger partial charge in [-0.2, -0.15) is 13.2 Å². The van der Waals surface area contributed by atoms with Crippen molar-refractivity contribution in [1.82, 2.24) is 0 Å². The van der Waals surface area contributed by atoms with Crippen LogP contribution in [0.1, 0.15) is 69.9 Å². The third kappa shape index (κ3) is 6.29. The molecule has 1 saturated carbocycles. The first-order valence-corrected chi connectivity index (χ1v) is 11.6. The predicted octanol–water partition coefficient (Wildman–Crippen LogP) is 7.54. The molecule has 4 rings (SSSR count). The van der Waals surface area contributed by atoms with Crippen LogP contribution in [-0.2, 0) is 10.9 Å². The van der Waals surface area contributed by atoms with Gasteiger partial charge in [0.05, 0.1) is 16.8 Å². The summed E-state index contributed by atoms with van der Waals surface area (Å²) in [7, 11) is 0. The average molecular weight is 482 g/mol. The summed E-state index contributed by atoms with van der Waals surface area (Å²) < 4.78 is 44.3. The summed E-state index contributed by atoms with van der Waals surface area (Å²) in [6, 6.07) is 18.5. The van der Waals surface area contributed by atoms with Crippen LogP contribution >= 0.6 is 0 Å². The molecule has 0 bridgehead atoms. The molecule has 0 radical (unpaired) electrons. The van der Waals surface area contributed by atoms with Crippen LogP contribution in [0.3, 0.4) is 0 Å². The minimum Gasteiger partial charge on any atom is -0.454 e. The number of Topliss-reactive ketones (excluding diaryl/α,β-unsaturated/α-hetero) is 1. The normalized spacial score (nSPS) is 14.4. The van der Waals surface area contributed by atoms with E-state index in [9.17, 15) is 22.8 Å². The van der Waals surface area contributed by atoms with Crippen molar-refractivity contribution >= 4 is 23.1 Å². The number of rotatable bonds is 7. The van der Waals surface area contributed by atoms with Gasteiger partial charge in [-0.1, -0.05) is 61.7 Å². The van der Waals surface area contributed by atoms with Crippen LogP contribution in [0.15, 0.2) is 72.8 Å². The molecule has 1 fully saturated rings. The summed E-state index contributed by atoms with van der Waals surface area (Å²) in [6.45, 7) is -0.431. The van der Waals surface area contributed by atoms with E-state index in [1.165, 1.54) is 55.9 Å². The van der Waals surface area contributed by atoms with Gasteiger partial charge in [-0.05, 0) is 54.7 Å². The van der Waals surface area contributed by atoms with Crippen LogP contribution in [0.25, 0.3) is 0 Å². The number of esters is 1. The van der Waals surface area contributed by atoms with Crippen LogP contribution in [0.4, 0.5) is 24.5 Å². The summed E-state index contributed by atoms with van der Waals surface area (Å²) in [5.74, 6) is -0.532. The Hall–Kier alpha value is -3.61. The van der Waals surface area contributed by atoms with Gasteiger partial charge in [0.1, 0.15) is 0 Å². The summed E-state index contributed by atoms with van der Waals surface area (Å²) in [6.07, 6.45) is 1.58. The lowest BCUT2D eigenvalue weighted by Gasteiger charge is -2.22. The smallest absolute Gasteiger partial charge is 0.416 e. The molecule has 0 unspecified atom stereocenters. The Morgan fingerprint density at radius 2 is 1.60 bits per heavy atom. The number of ether oxygens (including phenoxy) is 1. The zero-order chi connectivity index (χ0) is 24.8. The van der Waals surface area contributed by atoms with Crippen LogP contribution < -0.4 is 5.32 Å². The van der Waals surface area contributed by atoms with E-state index in [0.717, 1.165) is 12.1 Å². The number of ketones is 1. The number of carbonyl (C=O) groups is 2. The Labute approximate surface area is 202 Å². The molecule has 0 spiro atoms. The van der Waals surface area contributed by atoms with Gasteiger partial charge >= 0.3 is 12.1 Å². The van der Waals surface area contributed by atoms with Crippen molar-refractivity contribution in [3.05, 3.63) is 95.1 Å². The second kappa shape index (κ2) is 10.8. The first kappa shape index (κ1) is 24.5. The fourth-order valence-corrected chi connectivity index (χ4v) is 4.37. The molecule has 0 heterocycles. The first-order valence-electron chi connectivity index (χ1n) is 11.6. The molecular weight excluding hydrogens is 455 g/mol. The molecule has 4 nitrogen and oxygen atoms in total. The Bertz CT molecular complexity index is 1180. The number of alkyl halides is 3. The highest BCUT2D eigenvalue weighted by Crippen LogP contribution is 2.33. The summed E-state index contributed by atoms with van der Waals surface area (Å²) in [4.78, 5) is 25.3. The third-order valence-corrected chi connectivity index (χ3v) is 6.26. The number of benzene rings is 3. The van der Waals surface area contributed by atoms with E-state index in [2.05, 4.69) is 5.32 Å². The van der Waals surface area contributed by atoms with E-state index < -0.39 is 24.3 Å². The largest absolute Gasteiger partial charge is 0.454 e. The Kier molecular flexibility index (Phi) is 7.54. The van der Waals surface area contributed by atoms with Crippen molar-refractivity contribution in [2.45, 2.75) is 44.2 Å². The van der Waals surface area contributed by atoms with Gasteiger partial charge in [0.2, 0.25) is 0 Å². The summed E-state index contributed by atoms with van der Waals surface area (Å²) >= 11 is 0. The van der Waals surface area contributed by atoms with Gasteiger partial charge in [-0.15, -0.1) is 0 Å². The number of nitrogens with one attached hydrogen (secondary N) is 1. The lowest BCUT2D eigenvalue weighted by Crippen LogP contribution is -2.15. The molecule has 0 aromatic heterocycles. The molecule has 35 heavy (non-hydrogen) atoms. The van der Waals surface area contributed by atoms with Crippen molar-refractivity contribution in [2.75, 3.05) is 11.9 Å². The molecule has 0 atom stereocenters. The zero-order valence-electron chi connectivity index (χ0n) is 19.1. The molecular formula is C28H26F3NO3. The lowest BCUT2D eigenvalue weighted by atomic mass is 9.84. The molecule has 1 aliphatic carbocycles. The van der Waals surface area contributed by atoms with E-state index in [4.69, 9.17) is 4.74 Å². The average Bonchev–Trinajstić information content (AvgIpc) is 2.88. The van der Waals surface area contributed by atoms with Crippen LogP contribution in [-0.4, -0.2) is 18.4 Å². The zero-order valence-corrected chi connectivity index (χ0v) is 19.1. The van der Waals surface area contributed by atoms with Crippen molar-refractivity contribution in [2.24, 2.45) is 0 Å². The molecule has 3 aromatic carbocycles.